The smallest absolute Gasteiger partial charge is 0.339 e. The van der Waals surface area contributed by atoms with Crippen molar-refractivity contribution in [3.63, 3.8) is 0 Å². The van der Waals surface area contributed by atoms with E-state index in [1.165, 1.54) is 0 Å². The molecule has 0 bridgehead atoms. The number of aromatic carboxylic acids is 1. The quantitative estimate of drug-likeness (QED) is 0.622. The van der Waals surface area contributed by atoms with Gasteiger partial charge in [-0.15, -0.1) is 0 Å². The van der Waals surface area contributed by atoms with Crippen molar-refractivity contribution in [2.24, 2.45) is 0 Å². The number of carboxylic acid groups (broad SMARTS) is 1. The lowest BCUT2D eigenvalue weighted by Crippen LogP contribution is -2.06. The van der Waals surface area contributed by atoms with Crippen LogP contribution in [0.4, 0.5) is 11.5 Å². The Labute approximate surface area is 148 Å². The zero-order valence-corrected chi connectivity index (χ0v) is 13.8. The summed E-state index contributed by atoms with van der Waals surface area (Å²) in [5.74, 6) is -0.363. The highest BCUT2D eigenvalue weighted by Gasteiger charge is 2.15. The number of nitrogens with one attached hydrogen (secondary N) is 1. The van der Waals surface area contributed by atoms with E-state index < -0.39 is 5.97 Å². The second-order valence-electron chi connectivity index (χ2n) is 5.22. The van der Waals surface area contributed by atoms with Crippen molar-refractivity contribution in [1.82, 2.24) is 4.98 Å². The number of pyridine rings is 1. The van der Waals surface area contributed by atoms with E-state index in [1.54, 1.807) is 48.5 Å². The molecule has 3 aromatic rings. The number of halogens is 1. The van der Waals surface area contributed by atoms with Gasteiger partial charge in [0.15, 0.2) is 0 Å². The molecule has 0 aliphatic carbocycles. The minimum Gasteiger partial charge on any atom is -0.491 e. The SMILES string of the molecule is O=C(O)c1cc2ccc(OCCO)cc2nc1Nc1ccccc1Cl. The van der Waals surface area contributed by atoms with E-state index in [4.69, 9.17) is 21.4 Å². The van der Waals surface area contributed by atoms with E-state index in [0.717, 1.165) is 0 Å². The Morgan fingerprint density at radius 3 is 2.72 bits per heavy atom. The molecule has 0 amide bonds. The van der Waals surface area contributed by atoms with E-state index in [9.17, 15) is 9.90 Å². The molecule has 0 aliphatic heterocycles. The van der Waals surface area contributed by atoms with Gasteiger partial charge in [-0.3, -0.25) is 0 Å². The van der Waals surface area contributed by atoms with Gasteiger partial charge in [-0.25, -0.2) is 9.78 Å². The van der Waals surface area contributed by atoms with Gasteiger partial charge in [-0.2, -0.15) is 0 Å². The van der Waals surface area contributed by atoms with Crippen molar-refractivity contribution in [2.75, 3.05) is 18.5 Å². The number of benzene rings is 2. The maximum absolute atomic E-state index is 11.6. The van der Waals surface area contributed by atoms with Crippen LogP contribution >= 0.6 is 11.6 Å². The normalized spacial score (nSPS) is 10.6. The van der Waals surface area contributed by atoms with Gasteiger partial charge in [0, 0.05) is 11.5 Å². The molecule has 0 unspecified atom stereocenters. The fourth-order valence-corrected chi connectivity index (χ4v) is 2.53. The molecule has 128 valence electrons. The van der Waals surface area contributed by atoms with Crippen LogP contribution in [0, 0.1) is 0 Å². The number of hydrogen-bond acceptors (Lipinski definition) is 5. The van der Waals surface area contributed by atoms with E-state index in [-0.39, 0.29) is 24.6 Å². The highest BCUT2D eigenvalue weighted by atomic mass is 35.5. The first kappa shape index (κ1) is 17.0. The zero-order chi connectivity index (χ0) is 17.8. The van der Waals surface area contributed by atoms with E-state index in [1.807, 2.05) is 0 Å². The number of carbonyl (C=O) groups is 1. The zero-order valence-electron chi connectivity index (χ0n) is 13.1. The predicted molar refractivity (Wildman–Crippen MR) is 96.0 cm³/mol. The molecule has 3 N–H and O–H groups in total. The summed E-state index contributed by atoms with van der Waals surface area (Å²) in [4.78, 5) is 16.0. The Morgan fingerprint density at radius 1 is 1.20 bits per heavy atom. The average molecular weight is 359 g/mol. The van der Waals surface area contributed by atoms with Crippen LogP contribution in [0.5, 0.6) is 5.75 Å². The molecule has 0 spiro atoms. The summed E-state index contributed by atoms with van der Waals surface area (Å²) in [5.41, 5.74) is 1.16. The van der Waals surface area contributed by atoms with Gasteiger partial charge in [-0.05, 0) is 30.3 Å². The molecular formula is C18H15ClN2O4. The summed E-state index contributed by atoms with van der Waals surface area (Å²) in [6, 6.07) is 13.7. The highest BCUT2D eigenvalue weighted by molar-refractivity contribution is 6.33. The van der Waals surface area contributed by atoms with Crippen molar-refractivity contribution >= 4 is 40.0 Å². The largest absolute Gasteiger partial charge is 0.491 e. The molecule has 0 aliphatic rings. The second kappa shape index (κ2) is 7.38. The fourth-order valence-electron chi connectivity index (χ4n) is 2.35. The molecule has 1 aromatic heterocycles. The maximum Gasteiger partial charge on any atom is 0.339 e. The number of aliphatic hydroxyl groups is 1. The van der Waals surface area contributed by atoms with Crippen molar-refractivity contribution < 1.29 is 19.7 Å². The third-order valence-corrected chi connectivity index (χ3v) is 3.84. The van der Waals surface area contributed by atoms with Gasteiger partial charge in [-0.1, -0.05) is 23.7 Å². The molecule has 3 rings (SSSR count). The summed E-state index contributed by atoms with van der Waals surface area (Å²) in [5, 5.41) is 22.4. The van der Waals surface area contributed by atoms with Crippen molar-refractivity contribution in [3.05, 3.63) is 59.1 Å². The van der Waals surface area contributed by atoms with E-state index in [2.05, 4.69) is 10.3 Å². The number of fused-ring (bicyclic) bond motifs is 1. The first-order valence-corrected chi connectivity index (χ1v) is 7.89. The lowest BCUT2D eigenvalue weighted by atomic mass is 10.1. The van der Waals surface area contributed by atoms with Gasteiger partial charge in [0.2, 0.25) is 0 Å². The molecule has 2 aromatic carbocycles. The van der Waals surface area contributed by atoms with Crippen molar-refractivity contribution in [2.45, 2.75) is 0 Å². The van der Waals surface area contributed by atoms with Crippen molar-refractivity contribution in [3.8, 4) is 5.75 Å². The Hall–Kier alpha value is -2.83. The number of carboxylic acids is 1. The number of nitrogens with zero attached hydrogens (tertiary/aromatic N) is 1. The Bertz CT molecular complexity index is 930. The summed E-state index contributed by atoms with van der Waals surface area (Å²) < 4.78 is 5.37. The van der Waals surface area contributed by atoms with Crippen molar-refractivity contribution in [1.29, 1.82) is 0 Å². The van der Waals surface area contributed by atoms with Crippen LogP contribution in [0.2, 0.25) is 5.02 Å². The predicted octanol–water partition coefficient (Wildman–Crippen LogP) is 3.70. The molecule has 0 radical (unpaired) electrons. The third kappa shape index (κ3) is 3.81. The van der Waals surface area contributed by atoms with Crippen LogP contribution in [-0.2, 0) is 0 Å². The Morgan fingerprint density at radius 2 is 2.00 bits per heavy atom. The number of hydrogen-bond donors (Lipinski definition) is 3. The lowest BCUT2D eigenvalue weighted by molar-refractivity contribution is 0.0698. The number of rotatable bonds is 6. The molecule has 7 heteroatoms. The molecule has 0 fully saturated rings. The molecule has 0 atom stereocenters. The number of aromatic nitrogens is 1. The van der Waals surface area contributed by atoms with Gasteiger partial charge in [0.1, 0.15) is 23.7 Å². The number of para-hydroxylation sites is 1. The number of anilines is 2. The molecule has 0 saturated heterocycles. The van der Waals surface area contributed by atoms with E-state index >= 15 is 0 Å². The molecule has 25 heavy (non-hydrogen) atoms. The molecule has 6 nitrogen and oxygen atoms in total. The van der Waals surface area contributed by atoms with Gasteiger partial charge < -0.3 is 20.3 Å². The minimum atomic E-state index is -1.09. The Kier molecular flexibility index (Phi) is 5.02. The number of aliphatic hydroxyl groups excluding tert-OH is 1. The van der Waals surface area contributed by atoms with Crippen LogP contribution in [0.25, 0.3) is 10.9 Å². The first-order chi connectivity index (χ1) is 12.1. The fraction of sp³-hybridized carbons (Fsp3) is 0.111. The van der Waals surface area contributed by atoms with Gasteiger partial charge >= 0.3 is 5.97 Å². The topological polar surface area (TPSA) is 91.7 Å². The van der Waals surface area contributed by atoms with E-state index in [0.29, 0.717) is 27.4 Å². The minimum absolute atomic E-state index is 0.0384. The summed E-state index contributed by atoms with van der Waals surface area (Å²) >= 11 is 6.13. The average Bonchev–Trinajstić information content (AvgIpc) is 2.61. The highest BCUT2D eigenvalue weighted by Crippen LogP contribution is 2.29. The van der Waals surface area contributed by atoms with Gasteiger partial charge in [0.25, 0.3) is 0 Å². The maximum atomic E-state index is 11.6. The molecule has 0 saturated carbocycles. The van der Waals surface area contributed by atoms with Crippen LogP contribution < -0.4 is 10.1 Å². The molecular weight excluding hydrogens is 344 g/mol. The van der Waals surface area contributed by atoms with Crippen LogP contribution in [0.15, 0.2) is 48.5 Å². The third-order valence-electron chi connectivity index (χ3n) is 3.51. The van der Waals surface area contributed by atoms with Crippen LogP contribution in [0.1, 0.15) is 10.4 Å². The summed E-state index contributed by atoms with van der Waals surface area (Å²) in [6.07, 6.45) is 0. The first-order valence-electron chi connectivity index (χ1n) is 7.52. The summed E-state index contributed by atoms with van der Waals surface area (Å²) in [6.45, 7) is 0.0756. The van der Waals surface area contributed by atoms with Gasteiger partial charge in [0.05, 0.1) is 22.8 Å². The monoisotopic (exact) mass is 358 g/mol. The van der Waals surface area contributed by atoms with Crippen LogP contribution in [-0.4, -0.2) is 34.4 Å². The Balaban J connectivity index is 2.06. The second-order valence-corrected chi connectivity index (χ2v) is 5.63. The lowest BCUT2D eigenvalue weighted by Gasteiger charge is -2.12. The number of ether oxygens (including phenoxy) is 1. The molecule has 1 heterocycles. The summed E-state index contributed by atoms with van der Waals surface area (Å²) in [7, 11) is 0. The van der Waals surface area contributed by atoms with Crippen LogP contribution in [0.3, 0.4) is 0 Å². The standard InChI is InChI=1S/C18H15ClN2O4/c19-14-3-1-2-4-15(14)20-17-13(18(23)24)9-11-5-6-12(25-8-7-22)10-16(11)21-17/h1-6,9-10,22H,7-8H2,(H,20,21)(H,23,24).